The van der Waals surface area contributed by atoms with Crippen LogP contribution in [-0.2, 0) is 13.0 Å². The van der Waals surface area contributed by atoms with Crippen LogP contribution in [0.5, 0.6) is 0 Å². The van der Waals surface area contributed by atoms with Crippen LogP contribution in [0.3, 0.4) is 0 Å². The minimum Gasteiger partial charge on any atom is -0.339 e. The summed E-state index contributed by atoms with van der Waals surface area (Å²) in [6.45, 7) is 4.70. The van der Waals surface area contributed by atoms with Gasteiger partial charge < -0.3 is 9.47 Å². The number of likely N-dealkylation sites (tertiary alicyclic amines) is 1. The lowest BCUT2D eigenvalue weighted by Crippen LogP contribution is -2.32. The standard InChI is InChI=1S/C24H24Br2N2/c25-21-5-4-17-12-19(13-18(17)14-21)24-16-20-15-22(26)6-7-23(20)28(24)11-10-27-8-2-1-3-9-27/h4-7,12,14-16H,1-3,8-11,13H2. The molecule has 144 valence electrons. The average molecular weight is 500 g/mol. The molecule has 5 rings (SSSR count). The maximum atomic E-state index is 3.65. The molecule has 28 heavy (non-hydrogen) atoms. The topological polar surface area (TPSA) is 8.17 Å². The van der Waals surface area contributed by atoms with Crippen LogP contribution in [0, 0.1) is 0 Å². The molecule has 0 atom stereocenters. The number of piperidine rings is 1. The molecule has 1 saturated heterocycles. The number of halogens is 2. The number of benzene rings is 2. The van der Waals surface area contributed by atoms with Crippen molar-refractivity contribution in [2.45, 2.75) is 32.2 Å². The summed E-state index contributed by atoms with van der Waals surface area (Å²) >= 11 is 7.27. The lowest BCUT2D eigenvalue weighted by atomic mass is 10.1. The second kappa shape index (κ2) is 7.81. The number of hydrogen-bond acceptors (Lipinski definition) is 1. The Morgan fingerprint density at radius 2 is 1.61 bits per heavy atom. The molecule has 0 N–H and O–H groups in total. The second-order valence-electron chi connectivity index (χ2n) is 7.98. The minimum atomic E-state index is 1.01. The van der Waals surface area contributed by atoms with Crippen molar-refractivity contribution in [1.29, 1.82) is 0 Å². The number of hydrogen-bond donors (Lipinski definition) is 0. The monoisotopic (exact) mass is 498 g/mol. The molecule has 2 heterocycles. The van der Waals surface area contributed by atoms with Gasteiger partial charge in [-0.15, -0.1) is 0 Å². The Balaban J connectivity index is 1.51. The SMILES string of the molecule is Brc1ccc2c(c1)CC(c1cc3cc(Br)ccc3n1CCN1CCCCC1)=C2. The van der Waals surface area contributed by atoms with Gasteiger partial charge in [0.2, 0.25) is 0 Å². The first-order valence-electron chi connectivity index (χ1n) is 10.2. The van der Waals surface area contributed by atoms with Gasteiger partial charge >= 0.3 is 0 Å². The van der Waals surface area contributed by atoms with Crippen LogP contribution in [0.4, 0.5) is 0 Å². The normalized spacial score (nSPS) is 17.1. The average Bonchev–Trinajstić information content (AvgIpc) is 3.27. The predicted octanol–water partition coefficient (Wildman–Crippen LogP) is 6.75. The highest BCUT2D eigenvalue weighted by atomic mass is 79.9. The lowest BCUT2D eigenvalue weighted by molar-refractivity contribution is 0.221. The van der Waals surface area contributed by atoms with E-state index in [9.17, 15) is 0 Å². The van der Waals surface area contributed by atoms with Gasteiger partial charge in [0.1, 0.15) is 0 Å². The summed E-state index contributed by atoms with van der Waals surface area (Å²) in [5.41, 5.74) is 6.91. The zero-order valence-corrected chi connectivity index (χ0v) is 19.1. The van der Waals surface area contributed by atoms with E-state index >= 15 is 0 Å². The van der Waals surface area contributed by atoms with Gasteiger partial charge in [0, 0.05) is 45.1 Å². The van der Waals surface area contributed by atoms with Gasteiger partial charge in [-0.3, -0.25) is 0 Å². The summed E-state index contributed by atoms with van der Waals surface area (Å²) in [5, 5.41) is 1.32. The summed E-state index contributed by atoms with van der Waals surface area (Å²) in [4.78, 5) is 2.63. The summed E-state index contributed by atoms with van der Waals surface area (Å²) in [6.07, 6.45) is 7.48. The van der Waals surface area contributed by atoms with Crippen molar-refractivity contribution >= 4 is 54.4 Å². The Bertz CT molecular complexity index is 1060. The summed E-state index contributed by atoms with van der Waals surface area (Å²) in [5.74, 6) is 0. The van der Waals surface area contributed by atoms with Crippen molar-refractivity contribution < 1.29 is 0 Å². The van der Waals surface area contributed by atoms with E-state index in [1.165, 1.54) is 65.6 Å². The smallest absolute Gasteiger partial charge is 0.0486 e. The van der Waals surface area contributed by atoms with E-state index in [2.05, 4.69) is 89.9 Å². The van der Waals surface area contributed by atoms with Gasteiger partial charge in [0.15, 0.2) is 0 Å². The maximum Gasteiger partial charge on any atom is 0.0486 e. The summed E-state index contributed by atoms with van der Waals surface area (Å²) in [6, 6.07) is 15.7. The Morgan fingerprint density at radius 3 is 2.46 bits per heavy atom. The van der Waals surface area contributed by atoms with Crippen molar-refractivity contribution in [3.63, 3.8) is 0 Å². The van der Waals surface area contributed by atoms with Crippen LogP contribution in [0.25, 0.3) is 22.6 Å². The first-order chi connectivity index (χ1) is 13.7. The first-order valence-corrected chi connectivity index (χ1v) is 11.8. The largest absolute Gasteiger partial charge is 0.339 e. The molecule has 0 spiro atoms. The van der Waals surface area contributed by atoms with E-state index in [1.807, 2.05) is 0 Å². The number of nitrogens with zero attached hydrogens (tertiary/aromatic N) is 2. The van der Waals surface area contributed by atoms with Crippen molar-refractivity contribution in [2.75, 3.05) is 19.6 Å². The van der Waals surface area contributed by atoms with Gasteiger partial charge in [0.05, 0.1) is 0 Å². The third-order valence-corrected chi connectivity index (χ3v) is 7.08. The molecule has 2 aromatic carbocycles. The van der Waals surface area contributed by atoms with Crippen molar-refractivity contribution in [1.82, 2.24) is 9.47 Å². The molecule has 0 radical (unpaired) electrons. The molecule has 0 bridgehead atoms. The van der Waals surface area contributed by atoms with Crippen LogP contribution in [0.2, 0.25) is 0 Å². The third kappa shape index (κ3) is 3.62. The molecular weight excluding hydrogens is 476 g/mol. The molecule has 3 aromatic rings. The zero-order valence-electron chi connectivity index (χ0n) is 15.9. The fraction of sp³-hybridized carbons (Fsp3) is 0.333. The van der Waals surface area contributed by atoms with Crippen LogP contribution in [-0.4, -0.2) is 29.1 Å². The van der Waals surface area contributed by atoms with E-state index in [0.717, 1.165) is 28.5 Å². The first kappa shape index (κ1) is 18.7. The van der Waals surface area contributed by atoms with E-state index in [4.69, 9.17) is 0 Å². The molecular formula is C24H24Br2N2. The predicted molar refractivity (Wildman–Crippen MR) is 126 cm³/mol. The third-order valence-electron chi connectivity index (χ3n) is 6.10. The van der Waals surface area contributed by atoms with Crippen molar-refractivity contribution in [3.8, 4) is 0 Å². The quantitative estimate of drug-likeness (QED) is 0.385. The zero-order chi connectivity index (χ0) is 19.1. The molecule has 1 aliphatic carbocycles. The number of rotatable bonds is 4. The Kier molecular flexibility index (Phi) is 5.20. The second-order valence-corrected chi connectivity index (χ2v) is 9.81. The Hall–Kier alpha value is -1.36. The molecule has 0 amide bonds. The number of fused-ring (bicyclic) bond motifs is 2. The fourth-order valence-corrected chi connectivity index (χ4v) is 5.44. The fourth-order valence-electron chi connectivity index (χ4n) is 4.65. The van der Waals surface area contributed by atoms with Crippen molar-refractivity contribution in [3.05, 3.63) is 68.2 Å². The van der Waals surface area contributed by atoms with Crippen LogP contribution in [0.1, 0.15) is 36.1 Å². The van der Waals surface area contributed by atoms with Crippen LogP contribution >= 0.6 is 31.9 Å². The van der Waals surface area contributed by atoms with E-state index in [0.29, 0.717) is 0 Å². The van der Waals surface area contributed by atoms with Gasteiger partial charge in [0.25, 0.3) is 0 Å². The molecule has 2 nitrogen and oxygen atoms in total. The van der Waals surface area contributed by atoms with Gasteiger partial charge in [-0.05, 0) is 85.1 Å². The summed E-state index contributed by atoms with van der Waals surface area (Å²) in [7, 11) is 0. The van der Waals surface area contributed by atoms with Gasteiger partial charge in [-0.25, -0.2) is 0 Å². The molecule has 4 heteroatoms. The molecule has 1 aliphatic heterocycles. The number of allylic oxidation sites excluding steroid dienone is 1. The van der Waals surface area contributed by atoms with E-state index in [-0.39, 0.29) is 0 Å². The minimum absolute atomic E-state index is 1.01. The van der Waals surface area contributed by atoms with Crippen LogP contribution < -0.4 is 0 Å². The molecule has 1 aromatic heterocycles. The Labute approximate surface area is 183 Å². The molecule has 1 fully saturated rings. The van der Waals surface area contributed by atoms with E-state index in [1.54, 1.807) is 0 Å². The highest BCUT2D eigenvalue weighted by Gasteiger charge is 2.20. The molecule has 0 unspecified atom stereocenters. The van der Waals surface area contributed by atoms with Crippen LogP contribution in [0.15, 0.2) is 51.4 Å². The number of aromatic nitrogens is 1. The van der Waals surface area contributed by atoms with E-state index < -0.39 is 0 Å². The van der Waals surface area contributed by atoms with Gasteiger partial charge in [-0.1, -0.05) is 44.3 Å². The Morgan fingerprint density at radius 1 is 0.821 bits per heavy atom. The van der Waals surface area contributed by atoms with Gasteiger partial charge in [-0.2, -0.15) is 0 Å². The summed E-state index contributed by atoms with van der Waals surface area (Å²) < 4.78 is 4.85. The maximum absolute atomic E-state index is 3.65. The molecule has 0 saturated carbocycles. The molecule has 2 aliphatic rings. The highest BCUT2D eigenvalue weighted by Crippen LogP contribution is 2.36. The lowest BCUT2D eigenvalue weighted by Gasteiger charge is -2.27. The van der Waals surface area contributed by atoms with Crippen molar-refractivity contribution in [2.24, 2.45) is 0 Å². The highest BCUT2D eigenvalue weighted by molar-refractivity contribution is 9.10.